The van der Waals surface area contributed by atoms with Crippen LogP contribution in [0.3, 0.4) is 0 Å². The Balaban J connectivity index is 1.44. The molecule has 1 N–H and O–H groups in total. The van der Waals surface area contributed by atoms with Crippen molar-refractivity contribution in [2.24, 2.45) is 0 Å². The summed E-state index contributed by atoms with van der Waals surface area (Å²) in [5, 5.41) is 3.04. The molecule has 0 saturated carbocycles. The van der Waals surface area contributed by atoms with Gasteiger partial charge in [-0.25, -0.2) is 4.98 Å². The molecule has 0 fully saturated rings. The number of amides is 1. The summed E-state index contributed by atoms with van der Waals surface area (Å²) in [4.78, 5) is 17.2. The zero-order valence-electron chi connectivity index (χ0n) is 16.6. The Morgan fingerprint density at radius 1 is 0.931 bits per heavy atom. The largest absolute Gasteiger partial charge is 0.352 e. The van der Waals surface area contributed by atoms with E-state index in [0.29, 0.717) is 6.54 Å². The van der Waals surface area contributed by atoms with Gasteiger partial charge in [-0.1, -0.05) is 60.7 Å². The number of fused-ring (bicyclic) bond motifs is 1. The number of para-hydroxylation sites is 2. The Labute approximate surface area is 171 Å². The highest BCUT2D eigenvalue weighted by Gasteiger charge is 2.12. The fraction of sp³-hybridized carbons (Fsp3) is 0.200. The molecule has 0 saturated heterocycles. The summed E-state index contributed by atoms with van der Waals surface area (Å²) in [5.74, 6) is 1.04. The van der Waals surface area contributed by atoms with Crippen LogP contribution in [-0.4, -0.2) is 22.0 Å². The van der Waals surface area contributed by atoms with Crippen molar-refractivity contribution in [3.05, 3.63) is 101 Å². The number of carbonyl (C=O) groups is 1. The molecule has 0 unspecified atom stereocenters. The van der Waals surface area contributed by atoms with Crippen LogP contribution in [0.15, 0.2) is 78.9 Å². The van der Waals surface area contributed by atoms with Crippen molar-refractivity contribution >= 4 is 16.9 Å². The molecule has 1 amide bonds. The second-order valence-electron chi connectivity index (χ2n) is 7.26. The normalized spacial score (nSPS) is 10.9. The first kappa shape index (κ1) is 18.9. The molecule has 146 valence electrons. The average molecular weight is 383 g/mol. The van der Waals surface area contributed by atoms with Crippen molar-refractivity contribution in [1.82, 2.24) is 14.9 Å². The Hall–Kier alpha value is -3.40. The maximum absolute atomic E-state index is 12.4. The first-order valence-corrected chi connectivity index (χ1v) is 10.0. The van der Waals surface area contributed by atoms with Gasteiger partial charge in [0, 0.05) is 25.1 Å². The van der Waals surface area contributed by atoms with Crippen LogP contribution in [0.1, 0.15) is 33.7 Å². The van der Waals surface area contributed by atoms with Crippen LogP contribution in [0, 0.1) is 6.92 Å². The lowest BCUT2D eigenvalue weighted by Crippen LogP contribution is -2.25. The number of hydrogen-bond donors (Lipinski definition) is 1. The maximum atomic E-state index is 12.4. The van der Waals surface area contributed by atoms with E-state index >= 15 is 0 Å². The minimum absolute atomic E-state index is 0.0131. The summed E-state index contributed by atoms with van der Waals surface area (Å²) >= 11 is 0. The van der Waals surface area contributed by atoms with Gasteiger partial charge in [0.25, 0.3) is 5.91 Å². The van der Waals surface area contributed by atoms with Gasteiger partial charge in [0.1, 0.15) is 5.82 Å². The quantitative estimate of drug-likeness (QED) is 0.468. The van der Waals surface area contributed by atoms with Gasteiger partial charge in [-0.2, -0.15) is 0 Å². The highest BCUT2D eigenvalue weighted by atomic mass is 16.1. The molecule has 29 heavy (non-hydrogen) atoms. The van der Waals surface area contributed by atoms with Crippen LogP contribution < -0.4 is 5.32 Å². The number of nitrogens with zero attached hydrogens (tertiary/aromatic N) is 2. The summed E-state index contributed by atoms with van der Waals surface area (Å²) in [6.45, 7) is 3.38. The molecule has 3 aromatic carbocycles. The van der Waals surface area contributed by atoms with Crippen LogP contribution in [-0.2, 0) is 13.0 Å². The lowest BCUT2D eigenvalue weighted by Gasteiger charge is -2.10. The van der Waals surface area contributed by atoms with Gasteiger partial charge < -0.3 is 9.88 Å². The van der Waals surface area contributed by atoms with Crippen molar-refractivity contribution in [1.29, 1.82) is 0 Å². The first-order valence-electron chi connectivity index (χ1n) is 10.0. The number of aryl methyl sites for hydroxylation is 2. The van der Waals surface area contributed by atoms with Crippen molar-refractivity contribution in [2.75, 3.05) is 6.54 Å². The van der Waals surface area contributed by atoms with Crippen LogP contribution >= 0.6 is 0 Å². The lowest BCUT2D eigenvalue weighted by atomic mass is 10.1. The van der Waals surface area contributed by atoms with E-state index in [0.717, 1.165) is 47.4 Å². The summed E-state index contributed by atoms with van der Waals surface area (Å²) < 4.78 is 2.29. The Kier molecular flexibility index (Phi) is 5.71. The smallest absolute Gasteiger partial charge is 0.251 e. The van der Waals surface area contributed by atoms with Gasteiger partial charge in [-0.3, -0.25) is 4.79 Å². The van der Waals surface area contributed by atoms with E-state index in [4.69, 9.17) is 4.98 Å². The molecule has 4 nitrogen and oxygen atoms in total. The molecular weight excluding hydrogens is 358 g/mol. The third kappa shape index (κ3) is 4.37. The van der Waals surface area contributed by atoms with E-state index in [1.165, 1.54) is 5.56 Å². The highest BCUT2D eigenvalue weighted by Crippen LogP contribution is 2.19. The third-order valence-electron chi connectivity index (χ3n) is 5.17. The molecule has 0 radical (unpaired) electrons. The Bertz CT molecular complexity index is 1120. The predicted octanol–water partition coefficient (Wildman–Crippen LogP) is 4.76. The van der Waals surface area contributed by atoms with E-state index in [2.05, 4.69) is 52.3 Å². The number of benzene rings is 3. The molecule has 1 aromatic heterocycles. The van der Waals surface area contributed by atoms with Gasteiger partial charge in [-0.05, 0) is 42.7 Å². The van der Waals surface area contributed by atoms with Crippen LogP contribution in [0.2, 0.25) is 0 Å². The van der Waals surface area contributed by atoms with Crippen LogP contribution in [0.25, 0.3) is 11.0 Å². The van der Waals surface area contributed by atoms with Crippen LogP contribution in [0.4, 0.5) is 0 Å². The minimum atomic E-state index is -0.0131. The summed E-state index contributed by atoms with van der Waals surface area (Å²) in [5.41, 5.74) is 5.15. The average Bonchev–Trinajstić information content (AvgIpc) is 3.09. The van der Waals surface area contributed by atoms with Gasteiger partial charge in [0.05, 0.1) is 11.0 Å². The lowest BCUT2D eigenvalue weighted by molar-refractivity contribution is 0.0952. The zero-order chi connectivity index (χ0) is 20.1. The Morgan fingerprint density at radius 3 is 2.48 bits per heavy atom. The fourth-order valence-corrected chi connectivity index (χ4v) is 3.63. The SMILES string of the molecule is Cc1ccccc1C(=O)NCCCc1nc2ccccc2n1Cc1ccccc1. The van der Waals surface area contributed by atoms with Crippen molar-refractivity contribution < 1.29 is 4.79 Å². The number of carbonyl (C=O) groups excluding carboxylic acids is 1. The van der Waals surface area contributed by atoms with E-state index in [9.17, 15) is 4.79 Å². The van der Waals surface area contributed by atoms with E-state index < -0.39 is 0 Å². The standard InChI is InChI=1S/C25H25N3O/c1-19-10-5-6-13-21(19)25(29)26-17-9-16-24-27-22-14-7-8-15-23(22)28(24)18-20-11-3-2-4-12-20/h2-8,10-15H,9,16-18H2,1H3,(H,26,29). The molecular formula is C25H25N3O. The second-order valence-corrected chi connectivity index (χ2v) is 7.26. The molecule has 0 bridgehead atoms. The van der Waals surface area contributed by atoms with Gasteiger partial charge in [0.15, 0.2) is 0 Å². The maximum Gasteiger partial charge on any atom is 0.251 e. The monoisotopic (exact) mass is 383 g/mol. The summed E-state index contributed by atoms with van der Waals surface area (Å²) in [6, 6.07) is 26.4. The molecule has 0 atom stereocenters. The van der Waals surface area contributed by atoms with Gasteiger partial charge >= 0.3 is 0 Å². The fourth-order valence-electron chi connectivity index (χ4n) is 3.63. The number of aromatic nitrogens is 2. The third-order valence-corrected chi connectivity index (χ3v) is 5.17. The first-order chi connectivity index (χ1) is 14.2. The number of rotatable bonds is 7. The van der Waals surface area contributed by atoms with Gasteiger partial charge in [-0.15, -0.1) is 0 Å². The molecule has 0 aliphatic heterocycles. The van der Waals surface area contributed by atoms with Crippen molar-refractivity contribution in [3.8, 4) is 0 Å². The van der Waals surface area contributed by atoms with Crippen LogP contribution in [0.5, 0.6) is 0 Å². The van der Waals surface area contributed by atoms with Gasteiger partial charge in [0.2, 0.25) is 0 Å². The summed E-state index contributed by atoms with van der Waals surface area (Å²) in [6.07, 6.45) is 1.66. The number of nitrogens with one attached hydrogen (secondary N) is 1. The van der Waals surface area contributed by atoms with E-state index in [-0.39, 0.29) is 5.91 Å². The molecule has 4 aromatic rings. The highest BCUT2D eigenvalue weighted by molar-refractivity contribution is 5.95. The van der Waals surface area contributed by atoms with Crippen molar-refractivity contribution in [3.63, 3.8) is 0 Å². The van der Waals surface area contributed by atoms with E-state index in [1.807, 2.05) is 43.3 Å². The van der Waals surface area contributed by atoms with Crippen molar-refractivity contribution in [2.45, 2.75) is 26.3 Å². The molecule has 0 aliphatic rings. The number of imidazole rings is 1. The second kappa shape index (κ2) is 8.74. The van der Waals surface area contributed by atoms with E-state index in [1.54, 1.807) is 0 Å². The Morgan fingerprint density at radius 2 is 1.66 bits per heavy atom. The molecule has 0 aliphatic carbocycles. The molecule has 4 heteroatoms. The zero-order valence-corrected chi connectivity index (χ0v) is 16.6. The molecule has 4 rings (SSSR count). The molecule has 0 spiro atoms. The number of hydrogen-bond acceptors (Lipinski definition) is 2. The minimum Gasteiger partial charge on any atom is -0.352 e. The topological polar surface area (TPSA) is 46.9 Å². The molecule has 1 heterocycles. The predicted molar refractivity (Wildman–Crippen MR) is 117 cm³/mol. The summed E-state index contributed by atoms with van der Waals surface area (Å²) in [7, 11) is 0.